The van der Waals surface area contributed by atoms with Crippen molar-refractivity contribution in [2.24, 2.45) is 11.3 Å². The van der Waals surface area contributed by atoms with Gasteiger partial charge >= 0.3 is 12.1 Å². The predicted molar refractivity (Wildman–Crippen MR) is 128 cm³/mol. The van der Waals surface area contributed by atoms with Crippen LogP contribution in [0.2, 0.25) is 0 Å². The van der Waals surface area contributed by atoms with Gasteiger partial charge in [0.1, 0.15) is 5.78 Å². The Hall–Kier alpha value is -0.680. The van der Waals surface area contributed by atoms with Gasteiger partial charge in [-0.3, -0.25) is 4.79 Å². The van der Waals surface area contributed by atoms with Crippen molar-refractivity contribution < 1.29 is 26.7 Å². The van der Waals surface area contributed by atoms with Gasteiger partial charge in [0.2, 0.25) is 0 Å². The molecule has 1 nitrogen and oxygen atoms in total. The van der Waals surface area contributed by atoms with E-state index in [0.717, 1.165) is 32.1 Å². The largest absolute Gasteiger partial charge is 0.453 e. The molecule has 0 saturated carbocycles. The molecular formula is C27H49F5O. The first-order valence-electron chi connectivity index (χ1n) is 13.3. The molecule has 0 aliphatic heterocycles. The number of unbranched alkanes of at least 4 members (excludes halogenated alkanes) is 9. The molecule has 0 fully saturated rings. The summed E-state index contributed by atoms with van der Waals surface area (Å²) in [7, 11) is 0. The van der Waals surface area contributed by atoms with Gasteiger partial charge in [-0.2, -0.15) is 22.0 Å². The Morgan fingerprint density at radius 2 is 1.09 bits per heavy atom. The molecule has 0 rings (SSSR count). The minimum Gasteiger partial charge on any atom is -0.299 e. The van der Waals surface area contributed by atoms with Gasteiger partial charge in [0.15, 0.2) is 0 Å². The fourth-order valence-electron chi connectivity index (χ4n) is 4.54. The van der Waals surface area contributed by atoms with Gasteiger partial charge in [0.05, 0.1) is 0 Å². The average Bonchev–Trinajstić information content (AvgIpc) is 2.73. The first kappa shape index (κ1) is 32.3. The van der Waals surface area contributed by atoms with Crippen LogP contribution in [0.5, 0.6) is 0 Å². The number of Topliss-reactive ketones (excluding diaryl/α,β-unsaturated/α-hetero) is 1. The maximum Gasteiger partial charge on any atom is 0.453 e. The molecule has 0 aromatic rings. The first-order valence-corrected chi connectivity index (χ1v) is 13.3. The maximum atomic E-state index is 13.4. The third kappa shape index (κ3) is 14.3. The van der Waals surface area contributed by atoms with E-state index in [9.17, 15) is 26.7 Å². The third-order valence-corrected chi connectivity index (χ3v) is 7.27. The number of alkyl halides is 5. The van der Waals surface area contributed by atoms with E-state index in [-0.39, 0.29) is 18.1 Å². The molecule has 0 heterocycles. The molecule has 0 aliphatic rings. The van der Waals surface area contributed by atoms with Crippen molar-refractivity contribution in [3.63, 3.8) is 0 Å². The second-order valence-electron chi connectivity index (χ2n) is 10.3. The highest BCUT2D eigenvalue weighted by atomic mass is 19.4. The van der Waals surface area contributed by atoms with E-state index in [0.29, 0.717) is 25.7 Å². The Balaban J connectivity index is 4.47. The van der Waals surface area contributed by atoms with Gasteiger partial charge in [-0.05, 0) is 32.1 Å². The van der Waals surface area contributed by atoms with Crippen molar-refractivity contribution in [3.05, 3.63) is 0 Å². The second kappa shape index (κ2) is 16.9. The average molecular weight is 485 g/mol. The van der Waals surface area contributed by atoms with Crippen molar-refractivity contribution >= 4 is 5.78 Å². The molecule has 2 unspecified atom stereocenters. The Labute approximate surface area is 199 Å². The summed E-state index contributed by atoms with van der Waals surface area (Å²) in [4.78, 5) is 12.3. The van der Waals surface area contributed by atoms with Gasteiger partial charge in [-0.1, -0.05) is 111 Å². The highest BCUT2D eigenvalue weighted by Gasteiger charge is 2.56. The van der Waals surface area contributed by atoms with Gasteiger partial charge < -0.3 is 0 Å². The van der Waals surface area contributed by atoms with Crippen LogP contribution in [-0.2, 0) is 4.79 Å². The van der Waals surface area contributed by atoms with E-state index in [2.05, 4.69) is 6.92 Å². The molecule has 0 aliphatic carbocycles. The van der Waals surface area contributed by atoms with Crippen LogP contribution in [0.3, 0.4) is 0 Å². The van der Waals surface area contributed by atoms with Crippen LogP contribution >= 0.6 is 0 Å². The SMILES string of the molecule is CCCCCCCCCCCC(C)(CCCC(CCCC)CCC(F)(F)C(F)(F)F)C(C)=O. The van der Waals surface area contributed by atoms with Crippen LogP contribution in [0.1, 0.15) is 143 Å². The molecule has 198 valence electrons. The molecule has 0 aromatic heterocycles. The maximum absolute atomic E-state index is 13.4. The quantitative estimate of drug-likeness (QED) is 0.117. The van der Waals surface area contributed by atoms with Gasteiger partial charge in [0.25, 0.3) is 0 Å². The van der Waals surface area contributed by atoms with Crippen molar-refractivity contribution in [2.75, 3.05) is 0 Å². The highest BCUT2D eigenvalue weighted by Crippen LogP contribution is 2.41. The summed E-state index contributed by atoms with van der Waals surface area (Å²) in [6.45, 7) is 7.80. The Morgan fingerprint density at radius 3 is 1.58 bits per heavy atom. The highest BCUT2D eigenvalue weighted by molar-refractivity contribution is 5.81. The summed E-state index contributed by atoms with van der Waals surface area (Å²) >= 11 is 0. The van der Waals surface area contributed by atoms with Crippen LogP contribution in [0.4, 0.5) is 22.0 Å². The van der Waals surface area contributed by atoms with E-state index < -0.39 is 23.9 Å². The fourth-order valence-corrected chi connectivity index (χ4v) is 4.54. The summed E-state index contributed by atoms with van der Waals surface area (Å²) in [5, 5.41) is 0. The number of halogens is 5. The summed E-state index contributed by atoms with van der Waals surface area (Å²) in [5.74, 6) is -4.63. The molecule has 0 amide bonds. The van der Waals surface area contributed by atoms with Crippen LogP contribution in [0, 0.1) is 11.3 Å². The van der Waals surface area contributed by atoms with Gasteiger partial charge in [0, 0.05) is 11.8 Å². The minimum atomic E-state index is -5.48. The normalized spacial score (nSPS) is 15.4. The smallest absolute Gasteiger partial charge is 0.299 e. The summed E-state index contributed by atoms with van der Waals surface area (Å²) in [6, 6.07) is 0. The van der Waals surface area contributed by atoms with E-state index >= 15 is 0 Å². The van der Waals surface area contributed by atoms with Crippen molar-refractivity contribution in [2.45, 2.75) is 155 Å². The monoisotopic (exact) mass is 484 g/mol. The lowest BCUT2D eigenvalue weighted by atomic mass is 9.76. The van der Waals surface area contributed by atoms with Crippen molar-refractivity contribution in [1.29, 1.82) is 0 Å². The predicted octanol–water partition coefficient (Wildman–Crippen LogP) is 10.5. The van der Waals surface area contributed by atoms with E-state index in [1.165, 1.54) is 44.9 Å². The molecule has 0 N–H and O–H groups in total. The Bertz CT molecular complexity index is 503. The third-order valence-electron chi connectivity index (χ3n) is 7.27. The lowest BCUT2D eigenvalue weighted by molar-refractivity contribution is -0.285. The number of ketones is 1. The van der Waals surface area contributed by atoms with E-state index in [1.54, 1.807) is 6.92 Å². The number of hydrogen-bond acceptors (Lipinski definition) is 1. The second-order valence-corrected chi connectivity index (χ2v) is 10.3. The number of carbonyl (C=O) groups is 1. The van der Waals surface area contributed by atoms with E-state index in [4.69, 9.17) is 0 Å². The number of carbonyl (C=O) groups excluding carboxylic acids is 1. The zero-order valence-corrected chi connectivity index (χ0v) is 21.6. The lowest BCUT2D eigenvalue weighted by Crippen LogP contribution is -2.36. The molecule has 6 heteroatoms. The molecule has 0 aromatic carbocycles. The zero-order chi connectivity index (χ0) is 25.4. The molecular weight excluding hydrogens is 435 g/mol. The Kier molecular flexibility index (Phi) is 16.5. The molecule has 0 bridgehead atoms. The molecule has 0 spiro atoms. The number of rotatable bonds is 21. The van der Waals surface area contributed by atoms with Gasteiger partial charge in [-0.15, -0.1) is 0 Å². The molecule has 33 heavy (non-hydrogen) atoms. The molecule has 0 saturated heterocycles. The molecule has 2 atom stereocenters. The summed E-state index contributed by atoms with van der Waals surface area (Å²) in [5.41, 5.74) is -0.424. The van der Waals surface area contributed by atoms with Crippen LogP contribution in [0.25, 0.3) is 0 Å². The minimum absolute atomic E-state index is 0.123. The fraction of sp³-hybridized carbons (Fsp3) is 0.963. The Morgan fingerprint density at radius 1 is 0.636 bits per heavy atom. The zero-order valence-electron chi connectivity index (χ0n) is 21.6. The topological polar surface area (TPSA) is 17.1 Å². The van der Waals surface area contributed by atoms with Crippen molar-refractivity contribution in [3.8, 4) is 0 Å². The first-order chi connectivity index (χ1) is 15.4. The van der Waals surface area contributed by atoms with Crippen LogP contribution < -0.4 is 0 Å². The van der Waals surface area contributed by atoms with Crippen LogP contribution in [-0.4, -0.2) is 17.9 Å². The van der Waals surface area contributed by atoms with E-state index in [1.807, 2.05) is 13.8 Å². The molecule has 0 radical (unpaired) electrons. The van der Waals surface area contributed by atoms with Crippen molar-refractivity contribution in [1.82, 2.24) is 0 Å². The van der Waals surface area contributed by atoms with Crippen LogP contribution in [0.15, 0.2) is 0 Å². The lowest BCUT2D eigenvalue weighted by Gasteiger charge is -2.28. The summed E-state index contributed by atoms with van der Waals surface area (Å²) in [6.07, 6.45) is 9.41. The summed E-state index contributed by atoms with van der Waals surface area (Å²) < 4.78 is 64.3. The number of hydrogen-bond donors (Lipinski definition) is 0. The standard InChI is InChI=1S/C27H49F5O/c1-5-7-9-10-11-12-13-14-15-20-25(4,23(3)33)21-16-18-24(17-8-6-2)19-22-26(28,29)27(30,31)32/h24H,5-22H2,1-4H3. The van der Waals surface area contributed by atoms with Gasteiger partial charge in [-0.25, -0.2) is 0 Å².